The molecule has 0 spiro atoms. The fourth-order valence-corrected chi connectivity index (χ4v) is 2.19. The molecule has 1 nitrogen and oxygen atoms in total. The van der Waals surface area contributed by atoms with Gasteiger partial charge in [0.1, 0.15) is 0 Å². The minimum absolute atomic E-state index is 0.604. The zero-order valence-electron chi connectivity index (χ0n) is 11.9. The highest BCUT2D eigenvalue weighted by Gasteiger charge is 2.22. The highest BCUT2D eigenvalue weighted by atomic mass is 14.8. The van der Waals surface area contributed by atoms with Crippen LogP contribution in [-0.4, -0.2) is 13.1 Å². The van der Waals surface area contributed by atoms with Crippen molar-refractivity contribution in [2.24, 2.45) is 5.92 Å². The normalized spacial score (nSPS) is 16.3. The Hall–Kier alpha value is -1.08. The van der Waals surface area contributed by atoms with E-state index < -0.39 is 0 Å². The molecule has 0 unspecified atom stereocenters. The van der Waals surface area contributed by atoms with Gasteiger partial charge >= 0.3 is 0 Å². The Morgan fingerprint density at radius 2 is 1.94 bits per heavy atom. The van der Waals surface area contributed by atoms with Gasteiger partial charge in [0, 0.05) is 6.54 Å². The summed E-state index contributed by atoms with van der Waals surface area (Å²) in [5, 5.41) is 3.42. The zero-order valence-corrected chi connectivity index (χ0v) is 11.9. The van der Waals surface area contributed by atoms with Crippen LogP contribution in [0.25, 0.3) is 6.08 Å². The van der Waals surface area contributed by atoms with E-state index >= 15 is 0 Å². The molecule has 1 saturated carbocycles. The van der Waals surface area contributed by atoms with E-state index in [9.17, 15) is 0 Å². The quantitative estimate of drug-likeness (QED) is 0.789. The second-order valence-electron chi connectivity index (χ2n) is 5.60. The fraction of sp³-hybridized carbons (Fsp3) is 0.529. The lowest BCUT2D eigenvalue weighted by Crippen LogP contribution is -2.18. The number of rotatable bonds is 6. The summed E-state index contributed by atoms with van der Waals surface area (Å²) in [7, 11) is 0. The molecule has 0 amide bonds. The Morgan fingerprint density at radius 3 is 2.44 bits per heavy atom. The van der Waals surface area contributed by atoms with Crippen LogP contribution in [-0.2, 0) is 0 Å². The van der Waals surface area contributed by atoms with E-state index in [0.29, 0.717) is 5.92 Å². The van der Waals surface area contributed by atoms with Crippen molar-refractivity contribution >= 4 is 6.08 Å². The van der Waals surface area contributed by atoms with Crippen molar-refractivity contribution in [3.05, 3.63) is 41.0 Å². The maximum Gasteiger partial charge on any atom is 0.0170 e. The summed E-state index contributed by atoms with van der Waals surface area (Å²) in [5.74, 6) is 1.46. The van der Waals surface area contributed by atoms with Crippen LogP contribution >= 0.6 is 0 Å². The molecule has 0 radical (unpaired) electrons. The van der Waals surface area contributed by atoms with Gasteiger partial charge in [-0.15, -0.1) is 0 Å². The minimum atomic E-state index is 0.604. The average Bonchev–Trinajstić information content (AvgIpc) is 3.19. The predicted molar refractivity (Wildman–Crippen MR) is 79.8 cm³/mol. The summed E-state index contributed by atoms with van der Waals surface area (Å²) in [6.45, 7) is 8.72. The number of hydrogen-bond acceptors (Lipinski definition) is 1. The first-order valence-corrected chi connectivity index (χ1v) is 7.22. The van der Waals surface area contributed by atoms with Gasteiger partial charge in [-0.3, -0.25) is 0 Å². The van der Waals surface area contributed by atoms with Crippen LogP contribution in [0.5, 0.6) is 0 Å². The van der Waals surface area contributed by atoms with Crippen LogP contribution in [0.4, 0.5) is 0 Å². The standard InChI is InChI=1S/C17H25N/c1-4-18-12-17(13(2)3)11-14-5-7-15(8-6-14)16-9-10-16/h5-8,11,13,16,18H,4,9-10,12H2,1-3H3. The second-order valence-corrected chi connectivity index (χ2v) is 5.60. The lowest BCUT2D eigenvalue weighted by atomic mass is 9.99. The molecule has 18 heavy (non-hydrogen) atoms. The van der Waals surface area contributed by atoms with Crippen LogP contribution in [0, 0.1) is 5.92 Å². The molecular formula is C17H25N. The molecule has 0 saturated heterocycles. The first-order chi connectivity index (χ1) is 8.70. The molecule has 2 rings (SSSR count). The Bertz CT molecular complexity index is 396. The molecule has 0 atom stereocenters. The van der Waals surface area contributed by atoms with E-state index in [0.717, 1.165) is 19.0 Å². The van der Waals surface area contributed by atoms with Gasteiger partial charge in [0.2, 0.25) is 0 Å². The van der Waals surface area contributed by atoms with Crippen molar-refractivity contribution in [3.63, 3.8) is 0 Å². The molecule has 1 aromatic carbocycles. The average molecular weight is 243 g/mol. The highest BCUT2D eigenvalue weighted by molar-refractivity contribution is 5.54. The minimum Gasteiger partial charge on any atom is -0.313 e. The number of benzene rings is 1. The van der Waals surface area contributed by atoms with Gasteiger partial charge in [-0.25, -0.2) is 0 Å². The molecule has 1 fully saturated rings. The first-order valence-electron chi connectivity index (χ1n) is 7.22. The molecule has 0 bridgehead atoms. The summed E-state index contributed by atoms with van der Waals surface area (Å²) in [4.78, 5) is 0. The van der Waals surface area contributed by atoms with Gasteiger partial charge in [-0.05, 0) is 42.3 Å². The van der Waals surface area contributed by atoms with E-state index in [1.807, 2.05) is 0 Å². The fourth-order valence-electron chi connectivity index (χ4n) is 2.19. The number of likely N-dealkylation sites (N-methyl/N-ethyl adjacent to an activating group) is 1. The topological polar surface area (TPSA) is 12.0 Å². The Labute approximate surface area is 111 Å². The first kappa shape index (κ1) is 13.4. The van der Waals surface area contributed by atoms with Crippen molar-refractivity contribution in [3.8, 4) is 0 Å². The molecule has 0 aromatic heterocycles. The summed E-state index contributed by atoms with van der Waals surface area (Å²) < 4.78 is 0. The Morgan fingerprint density at radius 1 is 1.28 bits per heavy atom. The van der Waals surface area contributed by atoms with Crippen molar-refractivity contribution in [1.82, 2.24) is 5.32 Å². The van der Waals surface area contributed by atoms with Gasteiger partial charge in [-0.1, -0.05) is 56.7 Å². The number of nitrogens with one attached hydrogen (secondary N) is 1. The molecule has 98 valence electrons. The van der Waals surface area contributed by atoms with Crippen LogP contribution < -0.4 is 5.32 Å². The van der Waals surface area contributed by atoms with Crippen molar-refractivity contribution in [1.29, 1.82) is 0 Å². The molecule has 1 aromatic rings. The molecular weight excluding hydrogens is 218 g/mol. The smallest absolute Gasteiger partial charge is 0.0170 e. The van der Waals surface area contributed by atoms with Crippen LogP contribution in [0.3, 0.4) is 0 Å². The van der Waals surface area contributed by atoms with E-state index in [1.54, 1.807) is 0 Å². The van der Waals surface area contributed by atoms with Crippen molar-refractivity contribution in [2.75, 3.05) is 13.1 Å². The summed E-state index contributed by atoms with van der Waals surface area (Å²) in [6, 6.07) is 9.13. The zero-order chi connectivity index (χ0) is 13.0. The molecule has 0 aliphatic heterocycles. The third-order valence-electron chi connectivity index (χ3n) is 3.66. The largest absolute Gasteiger partial charge is 0.313 e. The summed E-state index contributed by atoms with van der Waals surface area (Å²) in [5.41, 5.74) is 4.34. The monoisotopic (exact) mass is 243 g/mol. The maximum atomic E-state index is 3.42. The Balaban J connectivity index is 2.07. The SMILES string of the molecule is CCNCC(=Cc1ccc(C2CC2)cc1)C(C)C. The van der Waals surface area contributed by atoms with Crippen molar-refractivity contribution < 1.29 is 0 Å². The van der Waals surface area contributed by atoms with Gasteiger partial charge < -0.3 is 5.32 Å². The van der Waals surface area contributed by atoms with Gasteiger partial charge in [0.15, 0.2) is 0 Å². The van der Waals surface area contributed by atoms with E-state index in [-0.39, 0.29) is 0 Å². The lowest BCUT2D eigenvalue weighted by Gasteiger charge is -2.12. The molecule has 0 heterocycles. The molecule has 1 aliphatic rings. The van der Waals surface area contributed by atoms with Crippen molar-refractivity contribution in [2.45, 2.75) is 39.5 Å². The molecule has 1 aliphatic carbocycles. The van der Waals surface area contributed by atoms with Gasteiger partial charge in [0.05, 0.1) is 0 Å². The van der Waals surface area contributed by atoms with Crippen LogP contribution in [0.2, 0.25) is 0 Å². The molecule has 1 N–H and O–H groups in total. The summed E-state index contributed by atoms with van der Waals surface area (Å²) >= 11 is 0. The second kappa shape index (κ2) is 6.19. The highest BCUT2D eigenvalue weighted by Crippen LogP contribution is 2.39. The van der Waals surface area contributed by atoms with E-state index in [1.165, 1.54) is 29.5 Å². The van der Waals surface area contributed by atoms with Crippen LogP contribution in [0.15, 0.2) is 29.8 Å². The van der Waals surface area contributed by atoms with Crippen LogP contribution in [0.1, 0.15) is 50.7 Å². The van der Waals surface area contributed by atoms with Gasteiger partial charge in [-0.2, -0.15) is 0 Å². The third-order valence-corrected chi connectivity index (χ3v) is 3.66. The molecule has 1 heteroatoms. The summed E-state index contributed by atoms with van der Waals surface area (Å²) in [6.07, 6.45) is 5.10. The predicted octanol–water partition coefficient (Wildman–Crippen LogP) is 4.21. The van der Waals surface area contributed by atoms with E-state index in [2.05, 4.69) is 56.4 Å². The third kappa shape index (κ3) is 3.71. The van der Waals surface area contributed by atoms with E-state index in [4.69, 9.17) is 0 Å². The lowest BCUT2D eigenvalue weighted by molar-refractivity contribution is 0.682. The Kier molecular flexibility index (Phi) is 4.60. The number of hydrogen-bond donors (Lipinski definition) is 1. The maximum absolute atomic E-state index is 3.42. The van der Waals surface area contributed by atoms with Gasteiger partial charge in [0.25, 0.3) is 0 Å².